The first kappa shape index (κ1) is 22.0. The molecule has 0 aromatic carbocycles. The summed E-state index contributed by atoms with van der Waals surface area (Å²) in [4.78, 5) is 22.5. The lowest BCUT2D eigenvalue weighted by Gasteiger charge is -2.26. The second-order valence-electron chi connectivity index (χ2n) is 4.81. The van der Waals surface area contributed by atoms with Crippen molar-refractivity contribution in [2.24, 2.45) is 0 Å². The van der Waals surface area contributed by atoms with Gasteiger partial charge in [-0.05, 0) is 47.9 Å². The Hall–Kier alpha value is -0.970. The Bertz CT molecular complexity index is 369. The number of rotatable bonds is 13. The van der Waals surface area contributed by atoms with Gasteiger partial charge in [-0.1, -0.05) is 18.6 Å². The lowest BCUT2D eigenvalue weighted by molar-refractivity contribution is -0.145. The zero-order valence-electron chi connectivity index (χ0n) is 14.8. The van der Waals surface area contributed by atoms with Crippen LogP contribution in [0.1, 0.15) is 34.6 Å². The fourth-order valence-electron chi connectivity index (χ4n) is 2.03. The highest BCUT2D eigenvalue weighted by Gasteiger charge is 2.22. The van der Waals surface area contributed by atoms with E-state index in [4.69, 9.17) is 14.2 Å². The van der Waals surface area contributed by atoms with Crippen molar-refractivity contribution >= 4 is 20.3 Å². The van der Waals surface area contributed by atoms with Gasteiger partial charge in [0.1, 0.15) is 6.04 Å². The number of carbonyl (C=O) groups is 2. The van der Waals surface area contributed by atoms with Gasteiger partial charge in [0.2, 0.25) is 6.41 Å². The molecule has 23 heavy (non-hydrogen) atoms. The topological polar surface area (TPSA) is 73.9 Å². The van der Waals surface area contributed by atoms with Crippen LogP contribution in [0.25, 0.3) is 0 Å². The predicted molar refractivity (Wildman–Crippen MR) is 92.7 cm³/mol. The molecule has 0 aliphatic rings. The number of amides is 1. The van der Waals surface area contributed by atoms with Crippen molar-refractivity contribution < 1.29 is 23.8 Å². The Morgan fingerprint density at radius 2 is 1.74 bits per heavy atom. The summed E-state index contributed by atoms with van der Waals surface area (Å²) in [6.07, 6.45) is 3.99. The first-order valence-corrected chi connectivity index (χ1v) is 9.82. The van der Waals surface area contributed by atoms with Crippen LogP contribution in [0.3, 0.4) is 0 Å². The summed E-state index contributed by atoms with van der Waals surface area (Å²) in [6, 6.07) is -0.952. The van der Waals surface area contributed by atoms with Gasteiger partial charge in [-0.25, -0.2) is 4.79 Å². The normalized spacial score (nSPS) is 14.4. The average Bonchev–Trinajstić information content (AvgIpc) is 2.52. The molecule has 134 valence electrons. The van der Waals surface area contributed by atoms with E-state index in [1.165, 1.54) is 0 Å². The molecule has 0 bridgehead atoms. The zero-order valence-corrected chi connectivity index (χ0v) is 15.7. The maximum atomic E-state index is 11.8. The molecule has 1 amide bonds. The minimum Gasteiger partial charge on any atom is -0.464 e. The zero-order chi connectivity index (χ0) is 17.7. The van der Waals surface area contributed by atoms with E-state index in [1.54, 1.807) is 13.0 Å². The molecule has 0 aliphatic carbocycles. The van der Waals surface area contributed by atoms with Gasteiger partial charge in [0.25, 0.3) is 0 Å². The van der Waals surface area contributed by atoms with Crippen molar-refractivity contribution in [1.29, 1.82) is 0 Å². The fraction of sp³-hybridized carbons (Fsp3) is 0.750. The summed E-state index contributed by atoms with van der Waals surface area (Å²) in [5.41, 5.74) is 1.01. The first-order valence-electron chi connectivity index (χ1n) is 8.04. The quantitative estimate of drug-likeness (QED) is 0.182. The number of allylic oxidation sites excluding steroid dienone is 1. The molecule has 0 aromatic rings. The predicted octanol–water partition coefficient (Wildman–Crippen LogP) is 2.47. The molecule has 7 heteroatoms. The second-order valence-corrected chi connectivity index (χ2v) is 7.36. The molecule has 1 N–H and O–H groups in total. The maximum absolute atomic E-state index is 11.8. The van der Waals surface area contributed by atoms with Gasteiger partial charge in [-0.15, -0.1) is 0 Å². The van der Waals surface area contributed by atoms with Gasteiger partial charge >= 0.3 is 5.97 Å². The Morgan fingerprint density at radius 3 is 2.17 bits per heavy atom. The number of hydrogen-bond donors (Lipinski definition) is 1. The smallest absolute Gasteiger partial charge is 0.332 e. The standard InChI is InChI=1S/C16H30NO5P/c1-6-20-15(19)14(17-12-18)10-13(5)11-23(9-4)16(21-7-2)22-8-3/h10,12,14,16H,6-9,11H2,1-5H3,(H,17,18)/b13-10+. The SMILES string of the molecule is CCOC(=O)C(/C=C(\C)CP(CC)C(OCC)OCC)NC=O. The summed E-state index contributed by atoms with van der Waals surface area (Å²) < 4.78 is 16.3. The minimum atomic E-state index is -0.751. The number of nitrogens with one attached hydrogen (secondary N) is 1. The van der Waals surface area contributed by atoms with Crippen molar-refractivity contribution in [2.75, 3.05) is 32.1 Å². The van der Waals surface area contributed by atoms with Crippen LogP contribution in [0.5, 0.6) is 0 Å². The van der Waals surface area contributed by atoms with Gasteiger partial charge in [-0.2, -0.15) is 0 Å². The summed E-state index contributed by atoms with van der Waals surface area (Å²) in [5, 5.41) is 2.48. The third-order valence-corrected chi connectivity index (χ3v) is 5.63. The van der Waals surface area contributed by atoms with Gasteiger partial charge in [0.15, 0.2) is 6.03 Å². The third kappa shape index (κ3) is 9.04. The molecule has 0 aromatic heterocycles. The molecular weight excluding hydrogens is 317 g/mol. The van der Waals surface area contributed by atoms with E-state index < -0.39 is 19.9 Å². The van der Waals surface area contributed by atoms with Gasteiger partial charge < -0.3 is 19.5 Å². The van der Waals surface area contributed by atoms with Crippen molar-refractivity contribution in [2.45, 2.75) is 46.7 Å². The summed E-state index contributed by atoms with van der Waals surface area (Å²) in [6.45, 7) is 11.2. The highest BCUT2D eigenvalue weighted by Crippen LogP contribution is 2.43. The van der Waals surface area contributed by atoms with Crippen LogP contribution in [-0.2, 0) is 23.8 Å². The van der Waals surface area contributed by atoms with Crippen LogP contribution < -0.4 is 5.32 Å². The van der Waals surface area contributed by atoms with E-state index in [-0.39, 0.29) is 12.6 Å². The average molecular weight is 347 g/mol. The molecule has 0 fully saturated rings. The Morgan fingerprint density at radius 1 is 1.13 bits per heavy atom. The largest absolute Gasteiger partial charge is 0.464 e. The lowest BCUT2D eigenvalue weighted by Crippen LogP contribution is -2.36. The molecule has 0 rings (SSSR count). The summed E-state index contributed by atoms with van der Waals surface area (Å²) in [7, 11) is -0.521. The number of hydrogen-bond acceptors (Lipinski definition) is 5. The molecule has 0 saturated heterocycles. The molecule has 6 nitrogen and oxygen atoms in total. The minimum absolute atomic E-state index is 0.201. The lowest BCUT2D eigenvalue weighted by atomic mass is 10.2. The van der Waals surface area contributed by atoms with E-state index >= 15 is 0 Å². The first-order chi connectivity index (χ1) is 11.0. The van der Waals surface area contributed by atoms with Crippen LogP contribution in [0.2, 0.25) is 0 Å². The van der Waals surface area contributed by atoms with E-state index in [9.17, 15) is 9.59 Å². The molecule has 0 heterocycles. The molecule has 0 saturated carbocycles. The van der Waals surface area contributed by atoms with Gasteiger partial charge in [-0.3, -0.25) is 4.79 Å². The number of ether oxygens (including phenoxy) is 3. The molecule has 0 spiro atoms. The Balaban J connectivity index is 4.95. The maximum Gasteiger partial charge on any atom is 0.332 e. The molecule has 2 unspecified atom stereocenters. The van der Waals surface area contributed by atoms with Crippen LogP contribution in [0.15, 0.2) is 11.6 Å². The van der Waals surface area contributed by atoms with E-state index in [1.807, 2.05) is 20.8 Å². The van der Waals surface area contributed by atoms with Crippen LogP contribution in [0, 0.1) is 0 Å². The van der Waals surface area contributed by atoms with Crippen molar-refractivity contribution in [1.82, 2.24) is 5.32 Å². The van der Waals surface area contributed by atoms with Crippen LogP contribution in [-0.4, -0.2) is 56.6 Å². The Kier molecular flexibility index (Phi) is 12.9. The molecule has 2 atom stereocenters. The fourth-order valence-corrected chi connectivity index (χ4v) is 4.16. The number of carbonyl (C=O) groups excluding carboxylic acids is 2. The second kappa shape index (κ2) is 13.5. The van der Waals surface area contributed by atoms with Crippen molar-refractivity contribution in [3.8, 4) is 0 Å². The number of esters is 1. The van der Waals surface area contributed by atoms with Crippen molar-refractivity contribution in [3.63, 3.8) is 0 Å². The van der Waals surface area contributed by atoms with Crippen LogP contribution >= 0.6 is 7.92 Å². The van der Waals surface area contributed by atoms with Crippen LogP contribution in [0.4, 0.5) is 0 Å². The third-order valence-electron chi connectivity index (χ3n) is 3.01. The summed E-state index contributed by atoms with van der Waals surface area (Å²) >= 11 is 0. The van der Waals surface area contributed by atoms with Gasteiger partial charge in [0, 0.05) is 13.2 Å². The molecule has 0 radical (unpaired) electrons. The monoisotopic (exact) mass is 347 g/mol. The Labute approximate surface area is 140 Å². The highest BCUT2D eigenvalue weighted by molar-refractivity contribution is 7.58. The summed E-state index contributed by atoms with van der Waals surface area (Å²) in [5.74, 6) is -0.453. The molecule has 0 aliphatic heterocycles. The van der Waals surface area contributed by atoms with E-state index in [0.717, 1.165) is 17.9 Å². The van der Waals surface area contributed by atoms with Gasteiger partial charge in [0.05, 0.1) is 6.61 Å². The van der Waals surface area contributed by atoms with E-state index in [0.29, 0.717) is 19.6 Å². The highest BCUT2D eigenvalue weighted by atomic mass is 31.1. The van der Waals surface area contributed by atoms with E-state index in [2.05, 4.69) is 12.2 Å². The molecular formula is C16H30NO5P. The van der Waals surface area contributed by atoms with Crippen molar-refractivity contribution in [3.05, 3.63) is 11.6 Å².